The standard InChI is InChI=1S/C19H13FN4OS/c20-15-2-1-3-16(10-15)23-18(25)12-26-19-14(11-21)4-5-17(24-19)13-6-8-22-9-7-13/h1-10H,12H2,(H,23,25). The zero-order chi connectivity index (χ0) is 18.4. The number of rotatable bonds is 5. The summed E-state index contributed by atoms with van der Waals surface area (Å²) in [6, 6.07) is 14.8. The van der Waals surface area contributed by atoms with Gasteiger partial charge in [-0.1, -0.05) is 17.8 Å². The molecule has 7 heteroatoms. The Hall–Kier alpha value is -3.24. The average Bonchev–Trinajstić information content (AvgIpc) is 2.67. The van der Waals surface area contributed by atoms with Gasteiger partial charge in [-0.05, 0) is 42.5 Å². The molecule has 0 aliphatic rings. The molecule has 5 nitrogen and oxygen atoms in total. The van der Waals surface area contributed by atoms with Gasteiger partial charge in [0.05, 0.1) is 17.0 Å². The van der Waals surface area contributed by atoms with Crippen molar-refractivity contribution < 1.29 is 9.18 Å². The summed E-state index contributed by atoms with van der Waals surface area (Å²) in [7, 11) is 0. The number of halogens is 1. The molecule has 0 saturated carbocycles. The van der Waals surface area contributed by atoms with Crippen molar-refractivity contribution in [2.75, 3.05) is 11.1 Å². The van der Waals surface area contributed by atoms with Crippen LogP contribution in [0.15, 0.2) is 66.0 Å². The van der Waals surface area contributed by atoms with Crippen LogP contribution in [0.2, 0.25) is 0 Å². The van der Waals surface area contributed by atoms with Crippen LogP contribution in [0.5, 0.6) is 0 Å². The summed E-state index contributed by atoms with van der Waals surface area (Å²) in [5, 5.41) is 12.3. The summed E-state index contributed by atoms with van der Waals surface area (Å²) in [5.74, 6) is -0.674. The van der Waals surface area contributed by atoms with E-state index in [2.05, 4.69) is 21.4 Å². The second-order valence-corrected chi connectivity index (χ2v) is 6.21. The first kappa shape index (κ1) is 17.6. The maximum absolute atomic E-state index is 13.2. The molecule has 1 amide bonds. The second-order valence-electron chi connectivity index (χ2n) is 5.24. The first-order valence-corrected chi connectivity index (χ1v) is 8.64. The Morgan fingerprint density at radius 3 is 2.73 bits per heavy atom. The number of hydrogen-bond acceptors (Lipinski definition) is 5. The van der Waals surface area contributed by atoms with E-state index >= 15 is 0 Å². The third-order valence-electron chi connectivity index (χ3n) is 3.41. The highest BCUT2D eigenvalue weighted by atomic mass is 32.2. The molecule has 2 aromatic heterocycles. The Morgan fingerprint density at radius 2 is 2.00 bits per heavy atom. The van der Waals surface area contributed by atoms with Crippen LogP contribution in [-0.2, 0) is 4.79 Å². The van der Waals surface area contributed by atoms with E-state index < -0.39 is 5.82 Å². The number of hydrogen-bond donors (Lipinski definition) is 1. The minimum absolute atomic E-state index is 0.0536. The number of anilines is 1. The molecule has 0 fully saturated rings. The lowest BCUT2D eigenvalue weighted by Gasteiger charge is -2.08. The van der Waals surface area contributed by atoms with Crippen molar-refractivity contribution in [3.63, 3.8) is 0 Å². The van der Waals surface area contributed by atoms with E-state index in [4.69, 9.17) is 0 Å². The summed E-state index contributed by atoms with van der Waals surface area (Å²) < 4.78 is 13.2. The van der Waals surface area contributed by atoms with Crippen molar-refractivity contribution in [1.29, 1.82) is 5.26 Å². The van der Waals surface area contributed by atoms with E-state index in [0.29, 0.717) is 22.0 Å². The predicted octanol–water partition coefficient (Wildman–Crippen LogP) is 3.89. The van der Waals surface area contributed by atoms with Gasteiger partial charge in [0.1, 0.15) is 16.9 Å². The quantitative estimate of drug-likeness (QED) is 0.695. The van der Waals surface area contributed by atoms with Gasteiger partial charge in [0.25, 0.3) is 0 Å². The number of nitriles is 1. The van der Waals surface area contributed by atoms with Crippen LogP contribution >= 0.6 is 11.8 Å². The highest BCUT2D eigenvalue weighted by molar-refractivity contribution is 8.00. The number of carbonyl (C=O) groups excluding carboxylic acids is 1. The van der Waals surface area contributed by atoms with Gasteiger partial charge in [0.15, 0.2) is 0 Å². The molecule has 0 spiro atoms. The van der Waals surface area contributed by atoms with Crippen molar-refractivity contribution in [2.24, 2.45) is 0 Å². The van der Waals surface area contributed by atoms with Gasteiger partial charge in [0, 0.05) is 23.6 Å². The monoisotopic (exact) mass is 364 g/mol. The summed E-state index contributed by atoms with van der Waals surface area (Å²) in [6.07, 6.45) is 3.32. The summed E-state index contributed by atoms with van der Waals surface area (Å²) in [4.78, 5) is 20.5. The van der Waals surface area contributed by atoms with Crippen LogP contribution in [0.25, 0.3) is 11.3 Å². The molecule has 0 unspecified atom stereocenters. The minimum atomic E-state index is -0.422. The Balaban J connectivity index is 1.72. The van der Waals surface area contributed by atoms with Gasteiger partial charge < -0.3 is 5.32 Å². The molecule has 3 rings (SSSR count). The van der Waals surface area contributed by atoms with Crippen molar-refractivity contribution in [3.05, 3.63) is 72.3 Å². The summed E-state index contributed by atoms with van der Waals surface area (Å²) in [6.45, 7) is 0. The third-order valence-corrected chi connectivity index (χ3v) is 4.40. The van der Waals surface area contributed by atoms with Crippen molar-refractivity contribution in [2.45, 2.75) is 5.03 Å². The highest BCUT2D eigenvalue weighted by Gasteiger charge is 2.11. The molecule has 0 aliphatic heterocycles. The molecule has 0 aliphatic carbocycles. The summed E-state index contributed by atoms with van der Waals surface area (Å²) in [5.41, 5.74) is 2.34. The third kappa shape index (κ3) is 4.43. The highest BCUT2D eigenvalue weighted by Crippen LogP contribution is 2.25. The zero-order valence-electron chi connectivity index (χ0n) is 13.5. The molecule has 0 radical (unpaired) electrons. The number of thioether (sulfide) groups is 1. The number of benzene rings is 1. The zero-order valence-corrected chi connectivity index (χ0v) is 14.3. The fourth-order valence-corrected chi connectivity index (χ4v) is 2.99. The normalized spacial score (nSPS) is 10.2. The summed E-state index contributed by atoms with van der Waals surface area (Å²) >= 11 is 1.16. The van der Waals surface area contributed by atoms with E-state index in [0.717, 1.165) is 17.3 Å². The number of amides is 1. The molecule has 3 aromatic rings. The fourth-order valence-electron chi connectivity index (χ4n) is 2.22. The van der Waals surface area contributed by atoms with Crippen LogP contribution in [0.4, 0.5) is 10.1 Å². The Kier molecular flexibility index (Phi) is 5.56. The first-order valence-electron chi connectivity index (χ1n) is 7.65. The Labute approximate surface area is 153 Å². The molecule has 128 valence electrons. The lowest BCUT2D eigenvalue weighted by atomic mass is 10.1. The second kappa shape index (κ2) is 8.23. The van der Waals surface area contributed by atoms with Gasteiger partial charge in [-0.3, -0.25) is 9.78 Å². The van der Waals surface area contributed by atoms with Gasteiger partial charge in [-0.15, -0.1) is 0 Å². The fraction of sp³-hybridized carbons (Fsp3) is 0.0526. The molecule has 0 saturated heterocycles. The molecule has 0 atom stereocenters. The minimum Gasteiger partial charge on any atom is -0.325 e. The Bertz CT molecular complexity index is 973. The van der Waals surface area contributed by atoms with Crippen LogP contribution in [0.3, 0.4) is 0 Å². The average molecular weight is 364 g/mol. The topological polar surface area (TPSA) is 78.7 Å². The molecule has 1 N–H and O–H groups in total. The number of aromatic nitrogens is 2. The number of nitrogens with zero attached hydrogens (tertiary/aromatic N) is 3. The molecular formula is C19H13FN4OS. The lowest BCUT2D eigenvalue weighted by molar-refractivity contribution is -0.113. The van der Waals surface area contributed by atoms with Crippen LogP contribution in [0, 0.1) is 17.1 Å². The van der Waals surface area contributed by atoms with E-state index in [1.165, 1.54) is 18.2 Å². The number of nitrogens with one attached hydrogen (secondary N) is 1. The van der Waals surface area contributed by atoms with E-state index in [-0.39, 0.29) is 11.7 Å². The van der Waals surface area contributed by atoms with E-state index in [9.17, 15) is 14.4 Å². The van der Waals surface area contributed by atoms with Gasteiger partial charge >= 0.3 is 0 Å². The van der Waals surface area contributed by atoms with Gasteiger partial charge in [-0.2, -0.15) is 5.26 Å². The molecule has 1 aromatic carbocycles. The van der Waals surface area contributed by atoms with Gasteiger partial charge in [-0.25, -0.2) is 9.37 Å². The lowest BCUT2D eigenvalue weighted by Crippen LogP contribution is -2.14. The molecule has 0 bridgehead atoms. The van der Waals surface area contributed by atoms with Crippen LogP contribution in [-0.4, -0.2) is 21.6 Å². The van der Waals surface area contributed by atoms with Gasteiger partial charge in [0.2, 0.25) is 5.91 Å². The van der Waals surface area contributed by atoms with Crippen LogP contribution < -0.4 is 5.32 Å². The first-order chi connectivity index (χ1) is 12.7. The number of pyridine rings is 2. The molecular weight excluding hydrogens is 351 g/mol. The predicted molar refractivity (Wildman–Crippen MR) is 97.9 cm³/mol. The SMILES string of the molecule is N#Cc1ccc(-c2ccncc2)nc1SCC(=O)Nc1cccc(F)c1. The largest absolute Gasteiger partial charge is 0.325 e. The number of carbonyl (C=O) groups is 1. The van der Waals surface area contributed by atoms with Crippen molar-refractivity contribution >= 4 is 23.4 Å². The Morgan fingerprint density at radius 1 is 1.19 bits per heavy atom. The smallest absolute Gasteiger partial charge is 0.234 e. The van der Waals surface area contributed by atoms with Crippen LogP contribution in [0.1, 0.15) is 5.56 Å². The van der Waals surface area contributed by atoms with Crippen molar-refractivity contribution in [3.8, 4) is 17.3 Å². The molecule has 26 heavy (non-hydrogen) atoms. The maximum atomic E-state index is 13.2. The molecule has 2 heterocycles. The maximum Gasteiger partial charge on any atom is 0.234 e. The van der Waals surface area contributed by atoms with E-state index in [1.807, 2.05) is 12.1 Å². The van der Waals surface area contributed by atoms with Crippen molar-refractivity contribution in [1.82, 2.24) is 9.97 Å². The van der Waals surface area contributed by atoms with E-state index in [1.54, 1.807) is 30.6 Å².